The van der Waals surface area contributed by atoms with Crippen molar-refractivity contribution < 1.29 is 19.5 Å². The Kier molecular flexibility index (Phi) is 4.73. The number of nitrogens with zero attached hydrogens (tertiary/aromatic N) is 2. The van der Waals surface area contributed by atoms with Crippen molar-refractivity contribution in [2.45, 2.75) is 27.2 Å². The normalized spacial score (nSPS) is 14.1. The highest BCUT2D eigenvalue weighted by molar-refractivity contribution is 6.21. The molecule has 23 heavy (non-hydrogen) atoms. The summed E-state index contributed by atoms with van der Waals surface area (Å²) in [7, 11) is 0. The number of hydrogen-bond donors (Lipinski definition) is 1. The van der Waals surface area contributed by atoms with Crippen LogP contribution in [0, 0.1) is 5.41 Å². The number of fused-ring (bicyclic) bond motifs is 1. The Balaban J connectivity index is 2.01. The lowest BCUT2D eigenvalue weighted by molar-refractivity contribution is 0.0627. The average Bonchev–Trinajstić information content (AvgIpc) is 2.71. The number of carbonyl (C=O) groups excluding carboxylic acids is 2. The van der Waals surface area contributed by atoms with E-state index < -0.39 is 6.09 Å². The Hall–Kier alpha value is -2.37. The van der Waals surface area contributed by atoms with Crippen molar-refractivity contribution in [3.8, 4) is 0 Å². The van der Waals surface area contributed by atoms with Crippen molar-refractivity contribution in [1.29, 1.82) is 0 Å². The summed E-state index contributed by atoms with van der Waals surface area (Å²) in [6.07, 6.45) is -0.327. The quantitative estimate of drug-likeness (QED) is 0.847. The van der Waals surface area contributed by atoms with Gasteiger partial charge in [-0.25, -0.2) is 4.79 Å². The third-order valence-corrected chi connectivity index (χ3v) is 3.87. The zero-order valence-corrected chi connectivity index (χ0v) is 13.7. The van der Waals surface area contributed by atoms with Crippen molar-refractivity contribution >= 4 is 17.9 Å². The van der Waals surface area contributed by atoms with E-state index in [0.29, 0.717) is 24.1 Å². The molecule has 1 aliphatic rings. The first-order valence-corrected chi connectivity index (χ1v) is 7.64. The first-order chi connectivity index (χ1) is 10.7. The Labute approximate surface area is 135 Å². The van der Waals surface area contributed by atoms with Gasteiger partial charge in [0.1, 0.15) is 0 Å². The Morgan fingerprint density at radius 1 is 1.09 bits per heavy atom. The Bertz CT molecular complexity index is 599. The van der Waals surface area contributed by atoms with E-state index in [1.165, 1.54) is 4.90 Å². The number of amides is 3. The zero-order chi connectivity index (χ0) is 17.2. The predicted molar refractivity (Wildman–Crippen MR) is 85.5 cm³/mol. The van der Waals surface area contributed by atoms with Gasteiger partial charge in [0.25, 0.3) is 11.8 Å². The fourth-order valence-corrected chi connectivity index (χ4v) is 2.44. The zero-order valence-electron chi connectivity index (χ0n) is 13.7. The first-order valence-electron chi connectivity index (χ1n) is 7.64. The van der Waals surface area contributed by atoms with Gasteiger partial charge in [0, 0.05) is 19.6 Å². The van der Waals surface area contributed by atoms with Gasteiger partial charge in [0.15, 0.2) is 0 Å². The summed E-state index contributed by atoms with van der Waals surface area (Å²) < 4.78 is 0. The van der Waals surface area contributed by atoms with Gasteiger partial charge in [0.05, 0.1) is 11.1 Å². The minimum Gasteiger partial charge on any atom is -0.465 e. The summed E-state index contributed by atoms with van der Waals surface area (Å²) in [6, 6.07) is 6.65. The molecule has 0 radical (unpaired) electrons. The largest absolute Gasteiger partial charge is 0.465 e. The van der Waals surface area contributed by atoms with Gasteiger partial charge in [-0.3, -0.25) is 14.5 Å². The molecule has 2 rings (SSSR count). The lowest BCUT2D eigenvalue weighted by atomic mass is 9.92. The average molecular weight is 318 g/mol. The van der Waals surface area contributed by atoms with E-state index in [0.717, 1.165) is 4.90 Å². The molecule has 124 valence electrons. The van der Waals surface area contributed by atoms with E-state index in [2.05, 4.69) is 0 Å². The molecule has 0 saturated heterocycles. The highest BCUT2D eigenvalue weighted by Crippen LogP contribution is 2.22. The Morgan fingerprint density at radius 3 is 2.04 bits per heavy atom. The van der Waals surface area contributed by atoms with Gasteiger partial charge in [-0.15, -0.1) is 0 Å². The van der Waals surface area contributed by atoms with E-state index >= 15 is 0 Å². The molecular weight excluding hydrogens is 296 g/mol. The van der Waals surface area contributed by atoms with Gasteiger partial charge in [-0.1, -0.05) is 32.9 Å². The number of carbonyl (C=O) groups is 3. The third-order valence-electron chi connectivity index (χ3n) is 3.87. The molecule has 1 N–H and O–H groups in total. The molecule has 1 aromatic rings. The van der Waals surface area contributed by atoms with Crippen LogP contribution in [0.1, 0.15) is 47.9 Å². The Morgan fingerprint density at radius 2 is 1.61 bits per heavy atom. The molecule has 1 aromatic carbocycles. The second kappa shape index (κ2) is 6.40. The van der Waals surface area contributed by atoms with Crippen molar-refractivity contribution in [3.63, 3.8) is 0 Å². The molecule has 0 atom stereocenters. The molecular formula is C17H22N2O4. The first kappa shape index (κ1) is 17.0. The van der Waals surface area contributed by atoms with Crippen molar-refractivity contribution in [2.24, 2.45) is 5.41 Å². The molecule has 6 heteroatoms. The van der Waals surface area contributed by atoms with Crippen LogP contribution >= 0.6 is 0 Å². The lowest BCUT2D eigenvalue weighted by Gasteiger charge is -2.26. The minimum absolute atomic E-state index is 0.0171. The van der Waals surface area contributed by atoms with Crippen LogP contribution in [0.5, 0.6) is 0 Å². The van der Waals surface area contributed by atoms with Gasteiger partial charge in [-0.05, 0) is 24.0 Å². The molecule has 0 saturated carbocycles. The maximum atomic E-state index is 12.2. The van der Waals surface area contributed by atoms with Gasteiger partial charge >= 0.3 is 6.09 Å². The van der Waals surface area contributed by atoms with Gasteiger partial charge < -0.3 is 10.0 Å². The van der Waals surface area contributed by atoms with Crippen LogP contribution in [0.2, 0.25) is 0 Å². The van der Waals surface area contributed by atoms with Crippen LogP contribution in [0.4, 0.5) is 4.79 Å². The summed E-state index contributed by atoms with van der Waals surface area (Å²) in [5.74, 6) is -0.710. The summed E-state index contributed by atoms with van der Waals surface area (Å²) >= 11 is 0. The topological polar surface area (TPSA) is 77.9 Å². The van der Waals surface area contributed by atoms with Crippen molar-refractivity contribution in [1.82, 2.24) is 9.80 Å². The molecule has 1 heterocycles. The SMILES string of the molecule is CC(C)(C)CCN(CCN1C(=O)c2ccccc2C1=O)C(=O)O. The van der Waals surface area contributed by atoms with Crippen LogP contribution in [-0.2, 0) is 0 Å². The van der Waals surface area contributed by atoms with Crippen LogP contribution in [-0.4, -0.2) is 52.4 Å². The standard InChI is InChI=1S/C17H22N2O4/c1-17(2,3)8-9-18(16(22)23)10-11-19-14(20)12-6-4-5-7-13(12)15(19)21/h4-7H,8-11H2,1-3H3,(H,22,23). The molecule has 0 bridgehead atoms. The monoisotopic (exact) mass is 318 g/mol. The van der Waals surface area contributed by atoms with E-state index in [4.69, 9.17) is 0 Å². The maximum Gasteiger partial charge on any atom is 0.407 e. The van der Waals surface area contributed by atoms with Crippen molar-refractivity contribution in [3.05, 3.63) is 35.4 Å². The van der Waals surface area contributed by atoms with Gasteiger partial charge in [-0.2, -0.15) is 0 Å². The maximum absolute atomic E-state index is 12.2. The molecule has 1 aliphatic heterocycles. The number of benzene rings is 1. The lowest BCUT2D eigenvalue weighted by Crippen LogP contribution is -2.41. The van der Waals surface area contributed by atoms with Crippen LogP contribution in [0.25, 0.3) is 0 Å². The smallest absolute Gasteiger partial charge is 0.407 e. The third kappa shape index (κ3) is 3.88. The van der Waals surface area contributed by atoms with E-state index in [-0.39, 0.29) is 30.3 Å². The van der Waals surface area contributed by atoms with E-state index in [9.17, 15) is 19.5 Å². The van der Waals surface area contributed by atoms with E-state index in [1.807, 2.05) is 20.8 Å². The highest BCUT2D eigenvalue weighted by Gasteiger charge is 2.35. The predicted octanol–water partition coefficient (Wildman–Crippen LogP) is 2.70. The molecule has 0 fully saturated rings. The fraction of sp³-hybridized carbons (Fsp3) is 0.471. The summed E-state index contributed by atoms with van der Waals surface area (Å²) in [4.78, 5) is 38.2. The molecule has 0 unspecified atom stereocenters. The van der Waals surface area contributed by atoms with Crippen LogP contribution < -0.4 is 0 Å². The number of hydrogen-bond acceptors (Lipinski definition) is 3. The number of rotatable bonds is 5. The van der Waals surface area contributed by atoms with Crippen molar-refractivity contribution in [2.75, 3.05) is 19.6 Å². The summed E-state index contributed by atoms with van der Waals surface area (Å²) in [5, 5.41) is 9.29. The number of imide groups is 1. The van der Waals surface area contributed by atoms with E-state index in [1.54, 1.807) is 24.3 Å². The molecule has 0 spiro atoms. The second-order valence-corrected chi connectivity index (χ2v) is 6.89. The molecule has 3 amide bonds. The second-order valence-electron chi connectivity index (χ2n) is 6.89. The molecule has 6 nitrogen and oxygen atoms in total. The summed E-state index contributed by atoms with van der Waals surface area (Å²) in [6.45, 7) is 6.69. The number of carboxylic acid groups (broad SMARTS) is 1. The molecule has 0 aliphatic carbocycles. The summed E-state index contributed by atoms with van der Waals surface area (Å²) in [5.41, 5.74) is 0.784. The van der Waals surface area contributed by atoms with Crippen LogP contribution in [0.15, 0.2) is 24.3 Å². The van der Waals surface area contributed by atoms with Gasteiger partial charge in [0.2, 0.25) is 0 Å². The highest BCUT2D eigenvalue weighted by atomic mass is 16.4. The van der Waals surface area contributed by atoms with Crippen LogP contribution in [0.3, 0.4) is 0 Å². The molecule has 0 aromatic heterocycles. The fourth-order valence-electron chi connectivity index (χ4n) is 2.44. The minimum atomic E-state index is -1.04.